The number of rotatable bonds is 7. The van der Waals surface area contributed by atoms with Crippen molar-refractivity contribution < 1.29 is 18.7 Å². The van der Waals surface area contributed by atoms with Crippen LogP contribution in [0.4, 0.5) is 10.1 Å². The minimum Gasteiger partial charge on any atom is -0.494 e. The van der Waals surface area contributed by atoms with Gasteiger partial charge in [0.15, 0.2) is 0 Å². The molecule has 1 aliphatic rings. The molecular weight excluding hydrogens is 311 g/mol. The van der Waals surface area contributed by atoms with Gasteiger partial charge in [-0.3, -0.25) is 9.78 Å². The summed E-state index contributed by atoms with van der Waals surface area (Å²) in [5.74, 6) is 0.386. The molecule has 0 unspecified atom stereocenters. The third-order valence-electron chi connectivity index (χ3n) is 3.87. The lowest BCUT2D eigenvalue weighted by atomic mass is 10.1. The highest BCUT2D eigenvalue weighted by molar-refractivity contribution is 6.05. The van der Waals surface area contributed by atoms with E-state index < -0.39 is 0 Å². The second kappa shape index (κ2) is 7.40. The molecule has 6 heteroatoms. The number of nitrogens with zero attached hydrogens (tertiary/aromatic N) is 1. The predicted octanol–water partition coefficient (Wildman–Crippen LogP) is 3.41. The van der Waals surface area contributed by atoms with Crippen molar-refractivity contribution in [2.24, 2.45) is 5.92 Å². The van der Waals surface area contributed by atoms with Crippen LogP contribution in [0.3, 0.4) is 0 Å². The zero-order valence-electron chi connectivity index (χ0n) is 13.4. The highest BCUT2D eigenvalue weighted by atomic mass is 19.1. The maximum Gasteiger partial charge on any atom is 0.255 e. The number of hydrogen-bond donors (Lipinski definition) is 1. The summed E-state index contributed by atoms with van der Waals surface area (Å²) < 4.78 is 24.6. The van der Waals surface area contributed by atoms with Gasteiger partial charge in [0.2, 0.25) is 0 Å². The third-order valence-corrected chi connectivity index (χ3v) is 3.87. The largest absolute Gasteiger partial charge is 0.494 e. The van der Waals surface area contributed by atoms with Gasteiger partial charge < -0.3 is 14.8 Å². The number of methoxy groups -OCH3 is 1. The normalized spacial score (nSPS) is 13.6. The maximum absolute atomic E-state index is 13.9. The first-order chi connectivity index (χ1) is 11.7. The van der Waals surface area contributed by atoms with Crippen molar-refractivity contribution in [3.63, 3.8) is 0 Å². The van der Waals surface area contributed by atoms with E-state index in [4.69, 9.17) is 9.47 Å². The van der Waals surface area contributed by atoms with Gasteiger partial charge in [-0.25, -0.2) is 4.39 Å². The summed E-state index contributed by atoms with van der Waals surface area (Å²) in [4.78, 5) is 16.3. The second-order valence-electron chi connectivity index (χ2n) is 5.79. The summed E-state index contributed by atoms with van der Waals surface area (Å²) in [6.07, 6.45) is 5.43. The zero-order valence-corrected chi connectivity index (χ0v) is 13.4. The van der Waals surface area contributed by atoms with Gasteiger partial charge in [0.05, 0.1) is 19.9 Å². The number of halogens is 1. The molecule has 126 valence electrons. The number of anilines is 1. The smallest absolute Gasteiger partial charge is 0.255 e. The first kappa shape index (κ1) is 16.4. The fourth-order valence-corrected chi connectivity index (χ4v) is 2.29. The molecule has 0 saturated heterocycles. The quantitative estimate of drug-likeness (QED) is 0.845. The van der Waals surface area contributed by atoms with Crippen molar-refractivity contribution in [1.29, 1.82) is 0 Å². The molecule has 0 radical (unpaired) electrons. The minimum absolute atomic E-state index is 0.166. The fourth-order valence-electron chi connectivity index (χ4n) is 2.29. The molecule has 1 saturated carbocycles. The van der Waals surface area contributed by atoms with Gasteiger partial charge in [-0.15, -0.1) is 0 Å². The number of amides is 1. The van der Waals surface area contributed by atoms with E-state index in [9.17, 15) is 9.18 Å². The molecule has 2 aromatic rings. The van der Waals surface area contributed by atoms with Crippen molar-refractivity contribution in [2.75, 3.05) is 19.0 Å². The topological polar surface area (TPSA) is 60.5 Å². The number of nitrogens with one attached hydrogen (secondary N) is 1. The van der Waals surface area contributed by atoms with Crippen LogP contribution in [-0.4, -0.2) is 24.6 Å². The van der Waals surface area contributed by atoms with E-state index in [-0.39, 0.29) is 18.3 Å². The average molecular weight is 330 g/mol. The number of pyridine rings is 1. The Morgan fingerprint density at radius 2 is 2.21 bits per heavy atom. The average Bonchev–Trinajstić information content (AvgIpc) is 3.41. The Kier molecular flexibility index (Phi) is 5.05. The Labute approximate surface area is 139 Å². The zero-order chi connectivity index (χ0) is 16.9. The number of benzene rings is 1. The van der Waals surface area contributed by atoms with E-state index in [1.54, 1.807) is 12.3 Å². The van der Waals surface area contributed by atoms with Gasteiger partial charge in [0.1, 0.15) is 17.3 Å². The van der Waals surface area contributed by atoms with Crippen LogP contribution in [0.15, 0.2) is 36.7 Å². The van der Waals surface area contributed by atoms with Crippen LogP contribution < -0.4 is 10.1 Å². The second-order valence-corrected chi connectivity index (χ2v) is 5.79. The molecule has 1 heterocycles. The highest BCUT2D eigenvalue weighted by Gasteiger charge is 2.21. The molecule has 1 N–H and O–H groups in total. The molecule has 3 rings (SSSR count). The molecule has 0 aliphatic heterocycles. The summed E-state index contributed by atoms with van der Waals surface area (Å²) in [5.41, 5.74) is 1.19. The molecule has 1 amide bonds. The summed E-state index contributed by atoms with van der Waals surface area (Å²) in [7, 11) is 1.51. The molecule has 1 fully saturated rings. The van der Waals surface area contributed by atoms with E-state index in [0.717, 1.165) is 0 Å². The van der Waals surface area contributed by atoms with Crippen LogP contribution in [0.2, 0.25) is 0 Å². The highest BCUT2D eigenvalue weighted by Crippen LogP contribution is 2.29. The summed E-state index contributed by atoms with van der Waals surface area (Å²) in [5, 5.41) is 2.72. The fraction of sp³-hybridized carbons (Fsp3) is 0.333. The van der Waals surface area contributed by atoms with Gasteiger partial charge >= 0.3 is 0 Å². The van der Waals surface area contributed by atoms with E-state index in [2.05, 4.69) is 10.3 Å². The molecular formula is C18H19FN2O3. The summed E-state index contributed by atoms with van der Waals surface area (Å²) in [6.45, 7) is 0.808. The van der Waals surface area contributed by atoms with Crippen LogP contribution in [0.1, 0.15) is 28.8 Å². The molecule has 0 atom stereocenters. The monoisotopic (exact) mass is 330 g/mol. The molecule has 5 nitrogen and oxygen atoms in total. The number of hydrogen-bond acceptors (Lipinski definition) is 4. The third kappa shape index (κ3) is 4.08. The van der Waals surface area contributed by atoms with Crippen LogP contribution in [0, 0.1) is 11.7 Å². The Balaban J connectivity index is 1.69. The Bertz CT molecular complexity index is 732. The van der Waals surface area contributed by atoms with Crippen molar-refractivity contribution in [3.05, 3.63) is 53.6 Å². The summed E-state index contributed by atoms with van der Waals surface area (Å²) in [6, 6.07) is 5.89. The Morgan fingerprint density at radius 1 is 1.38 bits per heavy atom. The lowest BCUT2D eigenvalue weighted by molar-refractivity contribution is 0.102. The molecule has 1 aromatic heterocycles. The maximum atomic E-state index is 13.9. The van der Waals surface area contributed by atoms with Gasteiger partial charge in [-0.2, -0.15) is 0 Å². The van der Waals surface area contributed by atoms with E-state index in [1.807, 2.05) is 0 Å². The first-order valence-corrected chi connectivity index (χ1v) is 7.83. The van der Waals surface area contributed by atoms with E-state index in [1.165, 1.54) is 44.3 Å². The van der Waals surface area contributed by atoms with Gasteiger partial charge in [0, 0.05) is 30.0 Å². The van der Waals surface area contributed by atoms with Crippen molar-refractivity contribution in [2.45, 2.75) is 19.4 Å². The number of aromatic nitrogens is 1. The molecule has 24 heavy (non-hydrogen) atoms. The number of carbonyl (C=O) groups is 1. The van der Waals surface area contributed by atoms with Gasteiger partial charge in [0.25, 0.3) is 5.91 Å². The number of ether oxygens (including phenoxy) is 2. The standard InChI is InChI=1S/C18H19FN2O3/c1-23-17-6-7-20-9-16(17)21-18(22)13-4-5-15(19)14(8-13)11-24-10-12-2-3-12/h4-9,12H,2-3,10-11H2,1H3,(H,21,22). The number of carbonyl (C=O) groups excluding carboxylic acids is 1. The van der Waals surface area contributed by atoms with Crippen LogP contribution >= 0.6 is 0 Å². The first-order valence-electron chi connectivity index (χ1n) is 7.83. The summed E-state index contributed by atoms with van der Waals surface area (Å²) >= 11 is 0. The lowest BCUT2D eigenvalue weighted by Gasteiger charge is -2.11. The molecule has 1 aliphatic carbocycles. The van der Waals surface area contributed by atoms with Crippen molar-refractivity contribution >= 4 is 11.6 Å². The molecule has 0 spiro atoms. The molecule has 1 aromatic carbocycles. The van der Waals surface area contributed by atoms with Crippen molar-refractivity contribution in [1.82, 2.24) is 4.98 Å². The minimum atomic E-state index is -0.374. The van der Waals surface area contributed by atoms with Gasteiger partial charge in [-0.05, 0) is 37.0 Å². The van der Waals surface area contributed by atoms with Gasteiger partial charge in [-0.1, -0.05) is 0 Å². The van der Waals surface area contributed by atoms with Crippen LogP contribution in [-0.2, 0) is 11.3 Å². The lowest BCUT2D eigenvalue weighted by Crippen LogP contribution is -2.13. The molecule has 0 bridgehead atoms. The Morgan fingerprint density at radius 3 is 2.96 bits per heavy atom. The SMILES string of the molecule is COc1ccncc1NC(=O)c1ccc(F)c(COCC2CC2)c1. The van der Waals surface area contributed by atoms with Crippen molar-refractivity contribution in [3.8, 4) is 5.75 Å². The van der Waals surface area contributed by atoms with E-state index >= 15 is 0 Å². The van der Waals surface area contributed by atoms with Crippen LogP contribution in [0.25, 0.3) is 0 Å². The Hall–Kier alpha value is -2.47. The predicted molar refractivity (Wildman–Crippen MR) is 87.5 cm³/mol. The van der Waals surface area contributed by atoms with Crippen LogP contribution in [0.5, 0.6) is 5.75 Å². The van der Waals surface area contributed by atoms with E-state index in [0.29, 0.717) is 35.1 Å².